The fraction of sp³-hybridized carbons (Fsp3) is 0.111. The molecule has 0 aromatic heterocycles. The first-order chi connectivity index (χ1) is 5.24. The third-order valence-electron chi connectivity index (χ3n) is 1.63. The van der Waals surface area contributed by atoms with Crippen molar-refractivity contribution in [3.63, 3.8) is 0 Å². The van der Waals surface area contributed by atoms with E-state index in [0.29, 0.717) is 0 Å². The van der Waals surface area contributed by atoms with Crippen LogP contribution in [-0.2, 0) is 0 Å². The number of benzene rings is 1. The zero-order valence-corrected chi connectivity index (χ0v) is 7.77. The predicted octanol–water partition coefficient (Wildman–Crippen LogP) is 0.883. The molecule has 0 amide bonds. The Morgan fingerprint density at radius 2 is 2.27 bits per heavy atom. The molecule has 0 bridgehead atoms. The molecule has 0 aliphatic heterocycles. The Kier molecular flexibility index (Phi) is 2.62. The molecule has 0 spiro atoms. The molecular formula is C9H12OSi. The molecule has 1 rings (SSSR count). The normalized spacial score (nSPS) is 12.5. The minimum absolute atomic E-state index is 1.07. The Morgan fingerprint density at radius 3 is 2.82 bits per heavy atom. The molecule has 0 fully saturated rings. The molecule has 0 aliphatic rings. The lowest BCUT2D eigenvalue weighted by Gasteiger charge is -2.02. The number of hydrogen-bond donors (Lipinski definition) is 1. The summed E-state index contributed by atoms with van der Waals surface area (Å²) < 4.78 is 0. The minimum Gasteiger partial charge on any atom is -0.431 e. The summed E-state index contributed by atoms with van der Waals surface area (Å²) in [6.07, 6.45) is 1.79. The summed E-state index contributed by atoms with van der Waals surface area (Å²) in [5, 5.41) is 1.07. The van der Waals surface area contributed by atoms with Crippen LogP contribution >= 0.6 is 0 Å². The highest BCUT2D eigenvalue weighted by Crippen LogP contribution is 1.97. The molecular weight excluding hydrogens is 152 g/mol. The average molecular weight is 164 g/mol. The molecule has 0 radical (unpaired) electrons. The van der Waals surface area contributed by atoms with E-state index in [2.05, 4.69) is 6.58 Å². The lowest BCUT2D eigenvalue weighted by molar-refractivity contribution is 0.594. The SMILES string of the molecule is C=Cc1cccc([SiH](C)O)c1. The van der Waals surface area contributed by atoms with Crippen molar-refractivity contribution in [3.05, 3.63) is 36.4 Å². The van der Waals surface area contributed by atoms with E-state index in [9.17, 15) is 4.80 Å². The zero-order chi connectivity index (χ0) is 8.27. The van der Waals surface area contributed by atoms with Crippen molar-refractivity contribution in [1.82, 2.24) is 0 Å². The van der Waals surface area contributed by atoms with Crippen LogP contribution in [0.15, 0.2) is 30.8 Å². The maximum Gasteiger partial charge on any atom is 0.201 e. The molecule has 0 saturated carbocycles. The van der Waals surface area contributed by atoms with Crippen molar-refractivity contribution < 1.29 is 4.80 Å². The van der Waals surface area contributed by atoms with Crippen LogP contribution in [0.1, 0.15) is 5.56 Å². The minimum atomic E-state index is -1.62. The van der Waals surface area contributed by atoms with Gasteiger partial charge in [0.15, 0.2) is 0 Å². The van der Waals surface area contributed by atoms with Gasteiger partial charge in [-0.2, -0.15) is 0 Å². The number of hydrogen-bond acceptors (Lipinski definition) is 1. The second kappa shape index (κ2) is 3.51. The molecule has 1 atom stereocenters. The summed E-state index contributed by atoms with van der Waals surface area (Å²) in [4.78, 5) is 9.35. The van der Waals surface area contributed by atoms with Crippen molar-refractivity contribution in [3.8, 4) is 0 Å². The topological polar surface area (TPSA) is 20.2 Å². The summed E-state index contributed by atoms with van der Waals surface area (Å²) in [5.74, 6) is 0. The Hall–Kier alpha value is -0.863. The van der Waals surface area contributed by atoms with Crippen LogP contribution in [0.25, 0.3) is 6.08 Å². The van der Waals surface area contributed by atoms with E-state index < -0.39 is 9.04 Å². The molecule has 1 unspecified atom stereocenters. The van der Waals surface area contributed by atoms with Gasteiger partial charge in [-0.15, -0.1) is 0 Å². The van der Waals surface area contributed by atoms with E-state index in [-0.39, 0.29) is 0 Å². The molecule has 58 valence electrons. The summed E-state index contributed by atoms with van der Waals surface area (Å²) in [7, 11) is -1.62. The lowest BCUT2D eigenvalue weighted by Crippen LogP contribution is -2.25. The standard InChI is InChI=1S/C9H12OSi/c1-3-8-5-4-6-9(7-8)11(2)10/h3-7,10-11H,1H2,2H3. The van der Waals surface area contributed by atoms with Crippen molar-refractivity contribution in [2.45, 2.75) is 6.55 Å². The van der Waals surface area contributed by atoms with Gasteiger partial charge >= 0.3 is 0 Å². The van der Waals surface area contributed by atoms with Crippen LogP contribution < -0.4 is 5.19 Å². The van der Waals surface area contributed by atoms with Gasteiger partial charge in [0.2, 0.25) is 9.04 Å². The second-order valence-corrected chi connectivity index (χ2v) is 4.57. The number of rotatable bonds is 2. The van der Waals surface area contributed by atoms with E-state index in [1.807, 2.05) is 30.8 Å². The van der Waals surface area contributed by atoms with Gasteiger partial charge in [-0.05, 0) is 17.3 Å². The van der Waals surface area contributed by atoms with Gasteiger partial charge in [0, 0.05) is 0 Å². The van der Waals surface area contributed by atoms with E-state index in [0.717, 1.165) is 10.8 Å². The van der Waals surface area contributed by atoms with Gasteiger partial charge in [0.05, 0.1) is 0 Å². The van der Waals surface area contributed by atoms with Crippen molar-refractivity contribution in [1.29, 1.82) is 0 Å². The highest BCUT2D eigenvalue weighted by molar-refractivity contribution is 6.64. The molecule has 0 aliphatic carbocycles. The summed E-state index contributed by atoms with van der Waals surface area (Å²) in [6.45, 7) is 5.56. The van der Waals surface area contributed by atoms with Gasteiger partial charge in [0.25, 0.3) is 0 Å². The van der Waals surface area contributed by atoms with Crippen LogP contribution in [0.5, 0.6) is 0 Å². The van der Waals surface area contributed by atoms with E-state index in [1.165, 1.54) is 0 Å². The monoisotopic (exact) mass is 164 g/mol. The third-order valence-corrected chi connectivity index (χ3v) is 2.95. The van der Waals surface area contributed by atoms with E-state index in [1.54, 1.807) is 6.08 Å². The fourth-order valence-corrected chi connectivity index (χ4v) is 1.77. The molecule has 1 N–H and O–H groups in total. The fourth-order valence-electron chi connectivity index (χ4n) is 0.946. The van der Waals surface area contributed by atoms with E-state index in [4.69, 9.17) is 0 Å². The van der Waals surface area contributed by atoms with Crippen LogP contribution in [0.4, 0.5) is 0 Å². The zero-order valence-electron chi connectivity index (χ0n) is 6.62. The van der Waals surface area contributed by atoms with Gasteiger partial charge in [0.1, 0.15) is 0 Å². The summed E-state index contributed by atoms with van der Waals surface area (Å²) >= 11 is 0. The highest BCUT2D eigenvalue weighted by atomic mass is 28.3. The van der Waals surface area contributed by atoms with Gasteiger partial charge < -0.3 is 4.80 Å². The third kappa shape index (κ3) is 2.03. The Labute approximate surface area is 68.7 Å². The van der Waals surface area contributed by atoms with Crippen LogP contribution in [0.3, 0.4) is 0 Å². The highest BCUT2D eigenvalue weighted by Gasteiger charge is 2.01. The molecule has 11 heavy (non-hydrogen) atoms. The van der Waals surface area contributed by atoms with Crippen LogP contribution in [0.2, 0.25) is 6.55 Å². The summed E-state index contributed by atoms with van der Waals surface area (Å²) in [6, 6.07) is 7.88. The molecule has 0 saturated heterocycles. The second-order valence-electron chi connectivity index (χ2n) is 2.55. The van der Waals surface area contributed by atoms with Crippen molar-refractivity contribution in [2.75, 3.05) is 0 Å². The predicted molar refractivity (Wildman–Crippen MR) is 51.4 cm³/mol. The smallest absolute Gasteiger partial charge is 0.201 e. The Bertz CT molecular complexity index is 255. The summed E-state index contributed by atoms with van der Waals surface area (Å²) in [5.41, 5.74) is 1.08. The molecule has 1 nitrogen and oxygen atoms in total. The molecule has 1 aromatic carbocycles. The maximum atomic E-state index is 9.35. The van der Waals surface area contributed by atoms with E-state index >= 15 is 0 Å². The molecule has 1 aromatic rings. The molecule has 0 heterocycles. The van der Waals surface area contributed by atoms with Crippen molar-refractivity contribution >= 4 is 20.3 Å². The van der Waals surface area contributed by atoms with Crippen molar-refractivity contribution in [2.24, 2.45) is 0 Å². The van der Waals surface area contributed by atoms with Gasteiger partial charge in [-0.3, -0.25) is 0 Å². The Morgan fingerprint density at radius 1 is 1.55 bits per heavy atom. The van der Waals surface area contributed by atoms with Crippen LogP contribution in [0, 0.1) is 0 Å². The maximum absolute atomic E-state index is 9.35. The first-order valence-corrected chi connectivity index (χ1v) is 5.89. The largest absolute Gasteiger partial charge is 0.431 e. The lowest BCUT2D eigenvalue weighted by atomic mass is 10.2. The quantitative estimate of drug-likeness (QED) is 0.643. The van der Waals surface area contributed by atoms with Gasteiger partial charge in [-0.25, -0.2) is 0 Å². The van der Waals surface area contributed by atoms with Crippen LogP contribution in [-0.4, -0.2) is 13.8 Å². The first-order valence-electron chi connectivity index (χ1n) is 3.64. The first kappa shape index (κ1) is 8.24. The molecule has 2 heteroatoms. The van der Waals surface area contributed by atoms with Gasteiger partial charge in [-0.1, -0.05) is 36.9 Å². The average Bonchev–Trinajstić information content (AvgIpc) is 2.05. The Balaban J connectivity index is 3.00.